The van der Waals surface area contributed by atoms with Crippen molar-refractivity contribution in [1.29, 1.82) is 0 Å². The minimum absolute atomic E-state index is 0.0612. The monoisotopic (exact) mass is 373 g/mol. The van der Waals surface area contributed by atoms with E-state index in [0.717, 1.165) is 5.69 Å². The van der Waals surface area contributed by atoms with Crippen molar-refractivity contribution < 1.29 is 14.3 Å². The van der Waals surface area contributed by atoms with E-state index in [2.05, 4.69) is 5.32 Å². The fourth-order valence-corrected chi connectivity index (χ4v) is 2.73. The third-order valence-electron chi connectivity index (χ3n) is 3.75. The first-order chi connectivity index (χ1) is 11.5. The van der Waals surface area contributed by atoms with Gasteiger partial charge in [0.2, 0.25) is 5.91 Å². The van der Waals surface area contributed by atoms with Crippen LogP contribution in [-0.2, 0) is 9.53 Å². The lowest BCUT2D eigenvalue weighted by Gasteiger charge is -2.34. The minimum Gasteiger partial charge on any atom is -0.450 e. The summed E-state index contributed by atoms with van der Waals surface area (Å²) < 4.78 is 4.96. The van der Waals surface area contributed by atoms with Gasteiger partial charge in [-0.1, -0.05) is 23.2 Å². The molecule has 0 saturated carbocycles. The number of piperazine rings is 1. The summed E-state index contributed by atoms with van der Waals surface area (Å²) in [4.78, 5) is 27.2. The molecule has 0 aliphatic carbocycles. The number of carbonyl (C=O) groups is 2. The van der Waals surface area contributed by atoms with Crippen LogP contribution in [0, 0.1) is 0 Å². The van der Waals surface area contributed by atoms with Gasteiger partial charge in [0.05, 0.1) is 16.7 Å². The molecule has 0 aromatic heterocycles. The van der Waals surface area contributed by atoms with Crippen LogP contribution in [0.2, 0.25) is 10.0 Å². The standard InChI is InChI=1S/C16H21Cl2N3O3/c1-2-24-16(23)21-9-7-20(8-10-21)15(22)5-6-19-12-3-4-13(17)14(18)11-12/h3-4,11,19H,2,5-10H2,1H3. The van der Waals surface area contributed by atoms with Crippen LogP contribution in [0.1, 0.15) is 13.3 Å². The molecule has 1 aliphatic rings. The molecule has 2 amide bonds. The molecule has 0 atom stereocenters. The Hall–Kier alpha value is -1.66. The summed E-state index contributed by atoms with van der Waals surface area (Å²) in [5, 5.41) is 4.12. The fourth-order valence-electron chi connectivity index (χ4n) is 2.43. The number of nitrogens with one attached hydrogen (secondary N) is 1. The summed E-state index contributed by atoms with van der Waals surface area (Å²) >= 11 is 11.8. The molecule has 1 saturated heterocycles. The van der Waals surface area contributed by atoms with Crippen molar-refractivity contribution in [2.45, 2.75) is 13.3 Å². The van der Waals surface area contributed by atoms with Crippen LogP contribution in [0.4, 0.5) is 10.5 Å². The Morgan fingerprint density at radius 2 is 1.79 bits per heavy atom. The lowest BCUT2D eigenvalue weighted by atomic mass is 10.2. The van der Waals surface area contributed by atoms with Crippen LogP contribution in [0.25, 0.3) is 0 Å². The second-order valence-corrected chi connectivity index (χ2v) is 6.19. The van der Waals surface area contributed by atoms with Crippen LogP contribution in [0.15, 0.2) is 18.2 Å². The number of nitrogens with zero attached hydrogens (tertiary/aromatic N) is 2. The predicted octanol–water partition coefficient (Wildman–Crippen LogP) is 3.10. The van der Waals surface area contributed by atoms with Crippen molar-refractivity contribution in [2.75, 3.05) is 44.6 Å². The number of halogens is 2. The van der Waals surface area contributed by atoms with Crippen LogP contribution < -0.4 is 5.32 Å². The molecule has 0 spiro atoms. The van der Waals surface area contributed by atoms with E-state index >= 15 is 0 Å². The van der Waals surface area contributed by atoms with Gasteiger partial charge >= 0.3 is 6.09 Å². The van der Waals surface area contributed by atoms with Crippen molar-refractivity contribution in [3.8, 4) is 0 Å². The Balaban J connectivity index is 1.72. The van der Waals surface area contributed by atoms with Crippen LogP contribution >= 0.6 is 23.2 Å². The molecule has 0 bridgehead atoms. The van der Waals surface area contributed by atoms with Crippen molar-refractivity contribution in [3.63, 3.8) is 0 Å². The molecule has 8 heteroatoms. The summed E-state index contributed by atoms with van der Waals surface area (Å²) in [7, 11) is 0. The predicted molar refractivity (Wildman–Crippen MR) is 94.7 cm³/mol. The molecule has 1 N–H and O–H groups in total. The largest absolute Gasteiger partial charge is 0.450 e. The highest BCUT2D eigenvalue weighted by molar-refractivity contribution is 6.42. The molecule has 1 aliphatic heterocycles. The molecular weight excluding hydrogens is 353 g/mol. The van der Waals surface area contributed by atoms with E-state index < -0.39 is 0 Å². The lowest BCUT2D eigenvalue weighted by Crippen LogP contribution is -2.50. The van der Waals surface area contributed by atoms with Crippen LogP contribution in [0.5, 0.6) is 0 Å². The summed E-state index contributed by atoms with van der Waals surface area (Å²) in [5.41, 5.74) is 0.823. The second-order valence-electron chi connectivity index (χ2n) is 5.37. The fraction of sp³-hybridized carbons (Fsp3) is 0.500. The van der Waals surface area contributed by atoms with Crippen molar-refractivity contribution in [3.05, 3.63) is 28.2 Å². The zero-order valence-corrected chi connectivity index (χ0v) is 15.1. The van der Waals surface area contributed by atoms with E-state index in [-0.39, 0.29) is 12.0 Å². The normalized spacial score (nSPS) is 14.5. The maximum atomic E-state index is 12.2. The zero-order chi connectivity index (χ0) is 17.5. The molecule has 2 rings (SSSR count). The molecule has 1 aromatic rings. The Kier molecular flexibility index (Phi) is 6.99. The van der Waals surface area contributed by atoms with Gasteiger partial charge in [0.15, 0.2) is 0 Å². The van der Waals surface area contributed by atoms with E-state index in [4.69, 9.17) is 27.9 Å². The first-order valence-corrected chi connectivity index (χ1v) is 8.65. The third-order valence-corrected chi connectivity index (χ3v) is 4.49. The molecule has 1 heterocycles. The van der Waals surface area contributed by atoms with Crippen molar-refractivity contribution in [2.24, 2.45) is 0 Å². The maximum Gasteiger partial charge on any atom is 0.409 e. The molecule has 24 heavy (non-hydrogen) atoms. The molecule has 0 unspecified atom stereocenters. The summed E-state index contributed by atoms with van der Waals surface area (Å²) in [6, 6.07) is 5.26. The molecule has 132 valence electrons. The number of benzene rings is 1. The minimum atomic E-state index is -0.314. The highest BCUT2D eigenvalue weighted by atomic mass is 35.5. The van der Waals surface area contributed by atoms with Gasteiger partial charge in [0, 0.05) is 44.8 Å². The van der Waals surface area contributed by atoms with Crippen molar-refractivity contribution >= 4 is 40.9 Å². The average Bonchev–Trinajstić information content (AvgIpc) is 2.58. The number of rotatable bonds is 5. The lowest BCUT2D eigenvalue weighted by molar-refractivity contribution is -0.132. The highest BCUT2D eigenvalue weighted by Crippen LogP contribution is 2.24. The van der Waals surface area contributed by atoms with E-state index in [1.54, 1.807) is 28.9 Å². The summed E-state index contributed by atoms with van der Waals surface area (Å²) in [5.74, 6) is 0.0612. The first-order valence-electron chi connectivity index (χ1n) is 7.89. The number of amides is 2. The Bertz CT molecular complexity index is 590. The van der Waals surface area contributed by atoms with E-state index in [1.165, 1.54) is 0 Å². The van der Waals surface area contributed by atoms with Gasteiger partial charge in [-0.3, -0.25) is 4.79 Å². The molecular formula is C16H21Cl2N3O3. The number of anilines is 1. The quantitative estimate of drug-likeness (QED) is 0.861. The average molecular weight is 374 g/mol. The third kappa shape index (κ3) is 5.18. The zero-order valence-electron chi connectivity index (χ0n) is 13.6. The molecule has 1 aromatic carbocycles. The topological polar surface area (TPSA) is 61.9 Å². The molecule has 1 fully saturated rings. The number of carbonyl (C=O) groups excluding carboxylic acids is 2. The summed E-state index contributed by atoms with van der Waals surface area (Å²) in [6.07, 6.45) is 0.0607. The van der Waals surface area contributed by atoms with Crippen LogP contribution in [0.3, 0.4) is 0 Å². The van der Waals surface area contributed by atoms with Gasteiger partial charge in [0.1, 0.15) is 0 Å². The van der Waals surface area contributed by atoms with Gasteiger partial charge in [-0.2, -0.15) is 0 Å². The smallest absolute Gasteiger partial charge is 0.409 e. The summed E-state index contributed by atoms with van der Waals surface area (Å²) in [6.45, 7) is 4.72. The number of hydrogen-bond acceptors (Lipinski definition) is 4. The maximum absolute atomic E-state index is 12.2. The SMILES string of the molecule is CCOC(=O)N1CCN(C(=O)CCNc2ccc(Cl)c(Cl)c2)CC1. The Morgan fingerprint density at radius 3 is 2.42 bits per heavy atom. The second kappa shape index (κ2) is 8.99. The number of ether oxygens (including phenoxy) is 1. The van der Waals surface area contributed by atoms with Gasteiger partial charge < -0.3 is 19.9 Å². The Morgan fingerprint density at radius 1 is 1.12 bits per heavy atom. The molecule has 6 nitrogen and oxygen atoms in total. The van der Waals surface area contributed by atoms with Gasteiger partial charge in [-0.05, 0) is 25.1 Å². The number of hydrogen-bond donors (Lipinski definition) is 1. The van der Waals surface area contributed by atoms with E-state index in [0.29, 0.717) is 55.8 Å². The molecule has 0 radical (unpaired) electrons. The van der Waals surface area contributed by atoms with E-state index in [9.17, 15) is 9.59 Å². The first kappa shape index (κ1) is 18.7. The Labute approximate surface area is 151 Å². The van der Waals surface area contributed by atoms with Crippen LogP contribution in [-0.4, -0.2) is 61.1 Å². The van der Waals surface area contributed by atoms with E-state index in [1.807, 2.05) is 6.07 Å². The van der Waals surface area contributed by atoms with Gasteiger partial charge in [-0.15, -0.1) is 0 Å². The highest BCUT2D eigenvalue weighted by Gasteiger charge is 2.24. The van der Waals surface area contributed by atoms with Gasteiger partial charge in [-0.25, -0.2) is 4.79 Å². The van der Waals surface area contributed by atoms with Gasteiger partial charge in [0.25, 0.3) is 0 Å². The van der Waals surface area contributed by atoms with Crippen molar-refractivity contribution in [1.82, 2.24) is 9.80 Å².